The van der Waals surface area contributed by atoms with Crippen LogP contribution in [0.1, 0.15) is 35.7 Å². The summed E-state index contributed by atoms with van der Waals surface area (Å²) in [6.07, 6.45) is 0.149. The highest BCUT2D eigenvalue weighted by atomic mass is 16.5. The number of aryl methyl sites for hydroxylation is 1. The summed E-state index contributed by atoms with van der Waals surface area (Å²) in [5.74, 6) is -1.22. The first-order valence-electron chi connectivity index (χ1n) is 9.05. The number of amides is 2. The molecule has 140 valence electrons. The molecule has 0 aliphatic carbocycles. The summed E-state index contributed by atoms with van der Waals surface area (Å²) < 4.78 is 5.33. The molecule has 7 nitrogen and oxygen atoms in total. The second kappa shape index (κ2) is 7.86. The average molecular weight is 360 g/mol. The summed E-state index contributed by atoms with van der Waals surface area (Å²) in [5.41, 5.74) is 1.85. The molecule has 1 N–H and O–H groups in total. The summed E-state index contributed by atoms with van der Waals surface area (Å²) in [5, 5.41) is 8.97. The third kappa shape index (κ3) is 3.88. The van der Waals surface area contributed by atoms with Gasteiger partial charge >= 0.3 is 5.97 Å². The van der Waals surface area contributed by atoms with E-state index in [0.717, 1.165) is 6.42 Å². The van der Waals surface area contributed by atoms with E-state index in [0.29, 0.717) is 44.6 Å². The third-order valence-corrected chi connectivity index (χ3v) is 5.06. The fourth-order valence-corrected chi connectivity index (χ4v) is 3.40. The van der Waals surface area contributed by atoms with Crippen molar-refractivity contribution in [3.63, 3.8) is 0 Å². The van der Waals surface area contributed by atoms with Gasteiger partial charge in [-0.15, -0.1) is 0 Å². The van der Waals surface area contributed by atoms with Crippen molar-refractivity contribution in [1.82, 2.24) is 9.80 Å². The van der Waals surface area contributed by atoms with E-state index in [1.807, 2.05) is 24.3 Å². The van der Waals surface area contributed by atoms with Gasteiger partial charge in [-0.05, 0) is 37.0 Å². The zero-order chi connectivity index (χ0) is 18.7. The molecular formula is C19H24N2O5. The Morgan fingerprint density at radius 1 is 1.00 bits per heavy atom. The van der Waals surface area contributed by atoms with Gasteiger partial charge in [0, 0.05) is 31.7 Å². The topological polar surface area (TPSA) is 87.2 Å². The van der Waals surface area contributed by atoms with Crippen LogP contribution in [0.15, 0.2) is 24.3 Å². The van der Waals surface area contributed by atoms with Crippen LogP contribution in [-0.2, 0) is 20.7 Å². The number of carbonyl (C=O) groups excluding carboxylic acids is 2. The van der Waals surface area contributed by atoms with Crippen LogP contribution in [-0.4, -0.2) is 71.1 Å². The second-order valence-corrected chi connectivity index (χ2v) is 6.70. The molecule has 1 aromatic rings. The van der Waals surface area contributed by atoms with E-state index in [1.54, 1.807) is 9.80 Å². The Labute approximate surface area is 152 Å². The maximum absolute atomic E-state index is 12.6. The first-order chi connectivity index (χ1) is 12.5. The lowest BCUT2D eigenvalue weighted by Crippen LogP contribution is -2.53. The number of hydrogen-bond donors (Lipinski definition) is 1. The number of benzene rings is 1. The molecule has 0 radical (unpaired) electrons. The Hall–Kier alpha value is -2.41. The standard InChI is InChI=1S/C19H24N2O5/c1-2-13-3-5-14(6-4-13)17(22)20-9-11-21(12-10-20)18(23)15-7-8-16(26-15)19(24)25/h3-6,15-16H,2,7-12H2,1H3,(H,24,25)/t15-,16+/m0/s1. The van der Waals surface area contributed by atoms with Gasteiger partial charge in [-0.1, -0.05) is 19.1 Å². The Kier molecular flexibility index (Phi) is 5.56. The van der Waals surface area contributed by atoms with Crippen LogP contribution >= 0.6 is 0 Å². The number of piperazine rings is 1. The number of ether oxygens (including phenoxy) is 1. The first-order valence-corrected chi connectivity index (χ1v) is 9.05. The van der Waals surface area contributed by atoms with E-state index < -0.39 is 18.2 Å². The van der Waals surface area contributed by atoms with Crippen molar-refractivity contribution in [2.24, 2.45) is 0 Å². The van der Waals surface area contributed by atoms with Gasteiger partial charge in [0.2, 0.25) is 0 Å². The summed E-state index contributed by atoms with van der Waals surface area (Å²) >= 11 is 0. The van der Waals surface area contributed by atoms with E-state index in [-0.39, 0.29) is 11.8 Å². The van der Waals surface area contributed by atoms with Crippen molar-refractivity contribution in [3.05, 3.63) is 35.4 Å². The molecule has 2 fully saturated rings. The van der Waals surface area contributed by atoms with Crippen LogP contribution in [0.5, 0.6) is 0 Å². The Bertz CT molecular complexity index is 680. The van der Waals surface area contributed by atoms with Crippen molar-refractivity contribution in [3.8, 4) is 0 Å². The van der Waals surface area contributed by atoms with Gasteiger partial charge in [-0.3, -0.25) is 9.59 Å². The highest BCUT2D eigenvalue weighted by Gasteiger charge is 2.37. The molecular weight excluding hydrogens is 336 g/mol. The third-order valence-electron chi connectivity index (χ3n) is 5.06. The summed E-state index contributed by atoms with van der Waals surface area (Å²) in [7, 11) is 0. The van der Waals surface area contributed by atoms with Crippen LogP contribution in [0, 0.1) is 0 Å². The highest BCUT2D eigenvalue weighted by Crippen LogP contribution is 2.22. The fourth-order valence-electron chi connectivity index (χ4n) is 3.40. The molecule has 0 aromatic heterocycles. The maximum Gasteiger partial charge on any atom is 0.332 e. The van der Waals surface area contributed by atoms with Crippen LogP contribution in [0.4, 0.5) is 0 Å². The molecule has 2 atom stereocenters. The molecule has 2 saturated heterocycles. The highest BCUT2D eigenvalue weighted by molar-refractivity contribution is 5.94. The van der Waals surface area contributed by atoms with Crippen molar-refractivity contribution in [1.29, 1.82) is 0 Å². The lowest BCUT2D eigenvalue weighted by atomic mass is 10.1. The van der Waals surface area contributed by atoms with Crippen molar-refractivity contribution >= 4 is 17.8 Å². The van der Waals surface area contributed by atoms with Gasteiger partial charge in [0.05, 0.1) is 0 Å². The van der Waals surface area contributed by atoms with Gasteiger partial charge in [0.15, 0.2) is 6.10 Å². The number of nitrogens with zero attached hydrogens (tertiary/aromatic N) is 2. The molecule has 0 saturated carbocycles. The molecule has 2 aliphatic heterocycles. The predicted molar refractivity (Wildman–Crippen MR) is 93.8 cm³/mol. The number of carboxylic acid groups (broad SMARTS) is 1. The number of hydrogen-bond acceptors (Lipinski definition) is 4. The maximum atomic E-state index is 12.6. The number of rotatable bonds is 4. The largest absolute Gasteiger partial charge is 0.479 e. The molecule has 3 rings (SSSR count). The Morgan fingerprint density at radius 3 is 2.12 bits per heavy atom. The van der Waals surface area contributed by atoms with Gasteiger partial charge in [-0.25, -0.2) is 4.79 Å². The minimum atomic E-state index is -1.02. The van der Waals surface area contributed by atoms with E-state index >= 15 is 0 Å². The average Bonchev–Trinajstić information content (AvgIpc) is 3.17. The molecule has 2 aliphatic rings. The van der Waals surface area contributed by atoms with E-state index in [1.165, 1.54) is 5.56 Å². The molecule has 0 spiro atoms. The summed E-state index contributed by atoms with van der Waals surface area (Å²) in [6, 6.07) is 7.61. The van der Waals surface area contributed by atoms with Crippen molar-refractivity contribution in [2.75, 3.05) is 26.2 Å². The Morgan fingerprint density at radius 2 is 1.58 bits per heavy atom. The van der Waals surface area contributed by atoms with E-state index in [2.05, 4.69) is 6.92 Å². The minimum absolute atomic E-state index is 0.0252. The molecule has 1 aromatic carbocycles. The second-order valence-electron chi connectivity index (χ2n) is 6.70. The van der Waals surface area contributed by atoms with Crippen molar-refractivity contribution in [2.45, 2.75) is 38.4 Å². The quantitative estimate of drug-likeness (QED) is 0.871. The molecule has 0 bridgehead atoms. The van der Waals surface area contributed by atoms with E-state index in [4.69, 9.17) is 9.84 Å². The number of carboxylic acids is 1. The summed E-state index contributed by atoms with van der Waals surface area (Å²) in [6.45, 7) is 3.88. The SMILES string of the molecule is CCc1ccc(C(=O)N2CCN(C(=O)[C@@H]3CC[C@H](C(=O)O)O3)CC2)cc1. The lowest BCUT2D eigenvalue weighted by Gasteiger charge is -2.35. The van der Waals surface area contributed by atoms with Gasteiger partial charge in [0.1, 0.15) is 6.10 Å². The predicted octanol–water partition coefficient (Wildman–Crippen LogP) is 1.17. The fraction of sp³-hybridized carbons (Fsp3) is 0.526. The van der Waals surface area contributed by atoms with Gasteiger partial charge in [0.25, 0.3) is 11.8 Å². The monoisotopic (exact) mass is 360 g/mol. The number of aliphatic carboxylic acids is 1. The van der Waals surface area contributed by atoms with Gasteiger partial charge in [-0.2, -0.15) is 0 Å². The number of carbonyl (C=O) groups is 3. The van der Waals surface area contributed by atoms with E-state index in [9.17, 15) is 14.4 Å². The molecule has 26 heavy (non-hydrogen) atoms. The minimum Gasteiger partial charge on any atom is -0.479 e. The molecule has 2 amide bonds. The van der Waals surface area contributed by atoms with Gasteiger partial charge < -0.3 is 19.6 Å². The Balaban J connectivity index is 1.53. The zero-order valence-corrected chi connectivity index (χ0v) is 14.9. The van der Waals surface area contributed by atoms with Crippen LogP contribution in [0.3, 0.4) is 0 Å². The summed E-state index contributed by atoms with van der Waals surface area (Å²) in [4.78, 5) is 39.4. The first kappa shape index (κ1) is 18.4. The van der Waals surface area contributed by atoms with Crippen LogP contribution < -0.4 is 0 Å². The molecule has 0 unspecified atom stereocenters. The lowest BCUT2D eigenvalue weighted by molar-refractivity contribution is -0.155. The normalized spacial score (nSPS) is 23.1. The molecule has 2 heterocycles. The van der Waals surface area contributed by atoms with Crippen LogP contribution in [0.2, 0.25) is 0 Å². The van der Waals surface area contributed by atoms with Crippen molar-refractivity contribution < 1.29 is 24.2 Å². The smallest absolute Gasteiger partial charge is 0.332 e. The van der Waals surface area contributed by atoms with Crippen LogP contribution in [0.25, 0.3) is 0 Å². The molecule has 7 heteroatoms. The zero-order valence-electron chi connectivity index (χ0n) is 14.9.